The maximum atomic E-state index is 6.26. The van der Waals surface area contributed by atoms with E-state index in [1.165, 1.54) is 32.1 Å². The Morgan fingerprint density at radius 2 is 1.69 bits per heavy atom. The number of hydrogen-bond acceptors (Lipinski definition) is 2. The molecule has 2 fully saturated rings. The smallest absolute Gasteiger partial charge is 0.0714 e. The van der Waals surface area contributed by atoms with Crippen LogP contribution in [0, 0.1) is 0 Å². The fourth-order valence-corrected chi connectivity index (χ4v) is 2.76. The molecule has 2 saturated heterocycles. The summed E-state index contributed by atoms with van der Waals surface area (Å²) in [4.78, 5) is 0. The van der Waals surface area contributed by atoms with Crippen LogP contribution in [-0.4, -0.2) is 24.3 Å². The number of nitrogens with one attached hydrogen (secondary N) is 1. The van der Waals surface area contributed by atoms with Gasteiger partial charge in [-0.2, -0.15) is 0 Å². The molecule has 0 aromatic heterocycles. The summed E-state index contributed by atoms with van der Waals surface area (Å²) in [6.45, 7) is 6.73. The van der Waals surface area contributed by atoms with Crippen molar-refractivity contribution in [3.8, 4) is 0 Å². The van der Waals surface area contributed by atoms with E-state index >= 15 is 0 Å². The summed E-state index contributed by atoms with van der Waals surface area (Å²) >= 11 is 0. The van der Waals surface area contributed by atoms with Gasteiger partial charge < -0.3 is 10.1 Å². The van der Waals surface area contributed by atoms with Crippen molar-refractivity contribution in [3.05, 3.63) is 0 Å². The molecule has 2 rings (SSSR count). The number of hydrogen-bond donors (Lipinski definition) is 1. The number of piperidine rings is 1. The Balaban J connectivity index is 2.04. The molecule has 2 heteroatoms. The SMILES string of the molecule is CC1(C)CCCC2(CCNCC2)O1. The van der Waals surface area contributed by atoms with Crippen LogP contribution >= 0.6 is 0 Å². The van der Waals surface area contributed by atoms with E-state index in [-0.39, 0.29) is 11.2 Å². The minimum Gasteiger partial charge on any atom is -0.369 e. The molecule has 2 heterocycles. The number of rotatable bonds is 0. The molecule has 0 atom stereocenters. The van der Waals surface area contributed by atoms with E-state index in [1.54, 1.807) is 0 Å². The highest BCUT2D eigenvalue weighted by Crippen LogP contribution is 2.40. The highest BCUT2D eigenvalue weighted by Gasteiger charge is 2.41. The lowest BCUT2D eigenvalue weighted by Gasteiger charge is -2.47. The fourth-order valence-electron chi connectivity index (χ4n) is 2.76. The van der Waals surface area contributed by atoms with Crippen molar-refractivity contribution in [1.29, 1.82) is 0 Å². The second-order valence-corrected chi connectivity index (χ2v) is 5.15. The molecule has 0 aromatic rings. The molecule has 0 aliphatic carbocycles. The Morgan fingerprint density at radius 1 is 1.00 bits per heavy atom. The van der Waals surface area contributed by atoms with E-state index in [1.807, 2.05) is 0 Å². The second kappa shape index (κ2) is 3.25. The van der Waals surface area contributed by atoms with E-state index in [0.29, 0.717) is 0 Å². The quantitative estimate of drug-likeness (QED) is 0.621. The molecular weight excluding hydrogens is 162 g/mol. The molecule has 0 amide bonds. The minimum absolute atomic E-state index is 0.121. The molecule has 2 nitrogen and oxygen atoms in total. The predicted molar refractivity (Wildman–Crippen MR) is 53.8 cm³/mol. The molecule has 13 heavy (non-hydrogen) atoms. The van der Waals surface area contributed by atoms with E-state index < -0.39 is 0 Å². The monoisotopic (exact) mass is 183 g/mol. The average Bonchev–Trinajstić information content (AvgIpc) is 2.03. The van der Waals surface area contributed by atoms with Crippen molar-refractivity contribution in [2.75, 3.05) is 13.1 Å². The van der Waals surface area contributed by atoms with E-state index in [9.17, 15) is 0 Å². The molecule has 0 saturated carbocycles. The number of ether oxygens (including phenoxy) is 1. The van der Waals surface area contributed by atoms with Gasteiger partial charge in [0.1, 0.15) is 0 Å². The maximum absolute atomic E-state index is 6.26. The van der Waals surface area contributed by atoms with Gasteiger partial charge in [0, 0.05) is 0 Å². The summed E-state index contributed by atoms with van der Waals surface area (Å²) in [5, 5.41) is 3.40. The Labute approximate surface area is 81.0 Å². The largest absolute Gasteiger partial charge is 0.369 e. The van der Waals surface area contributed by atoms with Gasteiger partial charge in [0.2, 0.25) is 0 Å². The van der Waals surface area contributed by atoms with Crippen molar-refractivity contribution in [3.63, 3.8) is 0 Å². The van der Waals surface area contributed by atoms with Crippen LogP contribution in [0.3, 0.4) is 0 Å². The second-order valence-electron chi connectivity index (χ2n) is 5.15. The van der Waals surface area contributed by atoms with Gasteiger partial charge in [-0.3, -0.25) is 0 Å². The first-order chi connectivity index (χ1) is 6.12. The Hall–Kier alpha value is -0.0800. The van der Waals surface area contributed by atoms with E-state index in [4.69, 9.17) is 4.74 Å². The van der Waals surface area contributed by atoms with Crippen LogP contribution in [0.5, 0.6) is 0 Å². The highest BCUT2D eigenvalue weighted by molar-refractivity contribution is 4.92. The van der Waals surface area contributed by atoms with Crippen LogP contribution in [0.15, 0.2) is 0 Å². The van der Waals surface area contributed by atoms with Crippen molar-refractivity contribution < 1.29 is 4.74 Å². The van der Waals surface area contributed by atoms with Crippen molar-refractivity contribution in [1.82, 2.24) is 5.32 Å². The third kappa shape index (κ3) is 2.05. The van der Waals surface area contributed by atoms with Gasteiger partial charge in [0.25, 0.3) is 0 Å². The molecule has 0 unspecified atom stereocenters. The van der Waals surface area contributed by atoms with Crippen LogP contribution in [0.2, 0.25) is 0 Å². The topological polar surface area (TPSA) is 21.3 Å². The van der Waals surface area contributed by atoms with Gasteiger partial charge in [-0.1, -0.05) is 0 Å². The van der Waals surface area contributed by atoms with Crippen LogP contribution < -0.4 is 5.32 Å². The minimum atomic E-state index is 0.121. The molecule has 2 aliphatic heterocycles. The van der Waals surface area contributed by atoms with Crippen molar-refractivity contribution in [2.45, 2.75) is 57.2 Å². The molecule has 0 aromatic carbocycles. The summed E-state index contributed by atoms with van der Waals surface area (Å²) < 4.78 is 6.26. The lowest BCUT2D eigenvalue weighted by Crippen LogP contribution is -2.51. The average molecular weight is 183 g/mol. The van der Waals surface area contributed by atoms with Gasteiger partial charge in [-0.05, 0) is 59.0 Å². The maximum Gasteiger partial charge on any atom is 0.0714 e. The first kappa shape index (κ1) is 9.47. The Morgan fingerprint density at radius 3 is 2.31 bits per heavy atom. The lowest BCUT2D eigenvalue weighted by molar-refractivity contribution is -0.184. The molecule has 1 spiro atoms. The summed E-state index contributed by atoms with van der Waals surface area (Å²) in [6, 6.07) is 0. The third-order valence-corrected chi connectivity index (χ3v) is 3.42. The predicted octanol–water partition coefficient (Wildman–Crippen LogP) is 2.09. The van der Waals surface area contributed by atoms with Crippen LogP contribution in [0.25, 0.3) is 0 Å². The third-order valence-electron chi connectivity index (χ3n) is 3.42. The summed E-state index contributed by atoms with van der Waals surface area (Å²) in [5.41, 5.74) is 0.350. The lowest BCUT2D eigenvalue weighted by atomic mass is 9.81. The molecular formula is C11H21NO. The van der Waals surface area contributed by atoms with Crippen molar-refractivity contribution >= 4 is 0 Å². The van der Waals surface area contributed by atoms with Crippen molar-refractivity contribution in [2.24, 2.45) is 0 Å². The van der Waals surface area contributed by atoms with Crippen LogP contribution in [-0.2, 0) is 4.74 Å². The molecule has 2 aliphatic rings. The summed E-state index contributed by atoms with van der Waals surface area (Å²) in [7, 11) is 0. The van der Waals surface area contributed by atoms with E-state index in [2.05, 4.69) is 19.2 Å². The standard InChI is InChI=1S/C11H21NO/c1-10(2)4-3-5-11(13-10)6-8-12-9-7-11/h12H,3-9H2,1-2H3. The normalized spacial score (nSPS) is 31.8. The zero-order chi connectivity index (χ0) is 9.36. The molecule has 1 N–H and O–H groups in total. The summed E-state index contributed by atoms with van der Waals surface area (Å²) in [6.07, 6.45) is 6.25. The highest BCUT2D eigenvalue weighted by atomic mass is 16.5. The van der Waals surface area contributed by atoms with Crippen LogP contribution in [0.1, 0.15) is 46.0 Å². The zero-order valence-electron chi connectivity index (χ0n) is 8.86. The Kier molecular flexibility index (Phi) is 2.37. The van der Waals surface area contributed by atoms with Gasteiger partial charge in [-0.25, -0.2) is 0 Å². The fraction of sp³-hybridized carbons (Fsp3) is 1.00. The van der Waals surface area contributed by atoms with Gasteiger partial charge >= 0.3 is 0 Å². The van der Waals surface area contributed by atoms with Gasteiger partial charge in [0.05, 0.1) is 11.2 Å². The molecule has 76 valence electrons. The van der Waals surface area contributed by atoms with Crippen LogP contribution in [0.4, 0.5) is 0 Å². The zero-order valence-corrected chi connectivity index (χ0v) is 8.86. The van der Waals surface area contributed by atoms with Gasteiger partial charge in [-0.15, -0.1) is 0 Å². The Bertz CT molecular complexity index is 177. The van der Waals surface area contributed by atoms with E-state index in [0.717, 1.165) is 13.1 Å². The summed E-state index contributed by atoms with van der Waals surface area (Å²) in [5.74, 6) is 0. The molecule has 0 radical (unpaired) electrons. The first-order valence-electron chi connectivity index (χ1n) is 5.53. The molecule has 0 bridgehead atoms. The van der Waals surface area contributed by atoms with Gasteiger partial charge in [0.15, 0.2) is 0 Å². The first-order valence-corrected chi connectivity index (χ1v) is 5.53.